The first-order valence-electron chi connectivity index (χ1n) is 6.91. The average molecular weight is 289 g/mol. The maximum Gasteiger partial charge on any atom is 0.309 e. The van der Waals surface area contributed by atoms with Crippen molar-refractivity contribution in [1.82, 2.24) is 4.57 Å². The fraction of sp³-hybridized carbons (Fsp3) is 0.375. The third kappa shape index (κ3) is 2.91. The first kappa shape index (κ1) is 15.1. The molecule has 1 atom stereocenters. The molecule has 0 spiro atoms. The van der Waals surface area contributed by atoms with E-state index >= 15 is 0 Å². The van der Waals surface area contributed by atoms with E-state index in [4.69, 9.17) is 9.84 Å². The molecule has 0 radical (unpaired) electrons. The molecular formula is C16H19NO4. The van der Waals surface area contributed by atoms with Gasteiger partial charge in [0.15, 0.2) is 5.43 Å². The van der Waals surface area contributed by atoms with Crippen LogP contribution in [0.1, 0.15) is 32.0 Å². The standard InChI is InChI=1S/C16H19NO4/c1-4-10(2)17-11(8-16(19)20)7-15(18)13-6-5-12(21-3)9-14(13)17/h5-7,9-10H,4,8H2,1-3H3,(H,19,20). The van der Waals surface area contributed by atoms with Gasteiger partial charge in [-0.2, -0.15) is 0 Å². The van der Waals surface area contributed by atoms with E-state index in [1.54, 1.807) is 25.3 Å². The largest absolute Gasteiger partial charge is 0.497 e. The highest BCUT2D eigenvalue weighted by Gasteiger charge is 2.15. The summed E-state index contributed by atoms with van der Waals surface area (Å²) in [4.78, 5) is 23.3. The number of carboxylic acids is 1. The molecule has 1 aromatic carbocycles. The number of ether oxygens (including phenoxy) is 1. The zero-order chi connectivity index (χ0) is 15.6. The molecule has 0 bridgehead atoms. The lowest BCUT2D eigenvalue weighted by Crippen LogP contribution is -2.19. The second-order valence-corrected chi connectivity index (χ2v) is 5.08. The number of fused-ring (bicyclic) bond motifs is 1. The Bertz CT molecular complexity index is 733. The van der Waals surface area contributed by atoms with Crippen LogP contribution in [0.4, 0.5) is 0 Å². The van der Waals surface area contributed by atoms with Crippen molar-refractivity contribution < 1.29 is 14.6 Å². The van der Waals surface area contributed by atoms with Gasteiger partial charge >= 0.3 is 5.97 Å². The minimum absolute atomic E-state index is 0.0922. The molecule has 0 saturated carbocycles. The second-order valence-electron chi connectivity index (χ2n) is 5.08. The van der Waals surface area contributed by atoms with Crippen LogP contribution in [0.15, 0.2) is 29.1 Å². The molecule has 2 rings (SSSR count). The van der Waals surface area contributed by atoms with Crippen molar-refractivity contribution in [1.29, 1.82) is 0 Å². The van der Waals surface area contributed by atoms with Crippen molar-refractivity contribution in [2.75, 3.05) is 7.11 Å². The van der Waals surface area contributed by atoms with Gasteiger partial charge in [-0.1, -0.05) is 6.92 Å². The highest BCUT2D eigenvalue weighted by atomic mass is 16.5. The van der Waals surface area contributed by atoms with Crippen molar-refractivity contribution >= 4 is 16.9 Å². The molecule has 0 fully saturated rings. The van der Waals surface area contributed by atoms with Crippen LogP contribution in [-0.4, -0.2) is 22.8 Å². The van der Waals surface area contributed by atoms with Gasteiger partial charge in [-0.25, -0.2) is 0 Å². The molecule has 112 valence electrons. The lowest BCUT2D eigenvalue weighted by atomic mass is 10.1. The summed E-state index contributed by atoms with van der Waals surface area (Å²) in [6, 6.07) is 6.76. The Kier molecular flexibility index (Phi) is 4.31. The van der Waals surface area contributed by atoms with Crippen LogP contribution in [-0.2, 0) is 11.2 Å². The van der Waals surface area contributed by atoms with E-state index in [1.807, 2.05) is 18.4 Å². The topological polar surface area (TPSA) is 68.5 Å². The molecule has 5 nitrogen and oxygen atoms in total. The molecule has 0 aliphatic carbocycles. The lowest BCUT2D eigenvalue weighted by molar-refractivity contribution is -0.136. The van der Waals surface area contributed by atoms with Crippen LogP contribution >= 0.6 is 0 Å². The van der Waals surface area contributed by atoms with Crippen LogP contribution in [0.5, 0.6) is 5.75 Å². The monoisotopic (exact) mass is 289 g/mol. The van der Waals surface area contributed by atoms with Crippen molar-refractivity contribution in [3.05, 3.63) is 40.2 Å². The van der Waals surface area contributed by atoms with Gasteiger partial charge in [0.2, 0.25) is 0 Å². The van der Waals surface area contributed by atoms with Gasteiger partial charge in [-0.05, 0) is 25.5 Å². The van der Waals surface area contributed by atoms with Gasteiger partial charge in [0.05, 0.1) is 19.0 Å². The summed E-state index contributed by atoms with van der Waals surface area (Å²) in [7, 11) is 1.56. The van der Waals surface area contributed by atoms with Gasteiger partial charge in [0, 0.05) is 29.3 Å². The summed E-state index contributed by atoms with van der Waals surface area (Å²) in [6.45, 7) is 4.04. The number of benzene rings is 1. The molecule has 1 aromatic heterocycles. The minimum atomic E-state index is -0.950. The van der Waals surface area contributed by atoms with E-state index in [0.29, 0.717) is 22.3 Å². The molecule has 1 unspecified atom stereocenters. The number of pyridine rings is 1. The Labute approximate surface area is 122 Å². The summed E-state index contributed by atoms with van der Waals surface area (Å²) >= 11 is 0. The van der Waals surface area contributed by atoms with E-state index < -0.39 is 5.97 Å². The Morgan fingerprint density at radius 1 is 1.38 bits per heavy atom. The quantitative estimate of drug-likeness (QED) is 0.918. The molecule has 0 amide bonds. The molecule has 0 saturated heterocycles. The Balaban J connectivity index is 2.83. The van der Waals surface area contributed by atoms with Crippen molar-refractivity contribution in [2.24, 2.45) is 0 Å². The minimum Gasteiger partial charge on any atom is -0.497 e. The zero-order valence-corrected chi connectivity index (χ0v) is 12.4. The summed E-state index contributed by atoms with van der Waals surface area (Å²) in [5.41, 5.74) is 1.07. The van der Waals surface area contributed by atoms with E-state index in [0.717, 1.165) is 6.42 Å². The van der Waals surface area contributed by atoms with Crippen LogP contribution in [0.3, 0.4) is 0 Å². The zero-order valence-electron chi connectivity index (χ0n) is 12.4. The third-order valence-electron chi connectivity index (χ3n) is 3.70. The average Bonchev–Trinajstić information content (AvgIpc) is 2.45. The van der Waals surface area contributed by atoms with Crippen LogP contribution < -0.4 is 10.2 Å². The highest BCUT2D eigenvalue weighted by molar-refractivity contribution is 5.82. The summed E-state index contributed by atoms with van der Waals surface area (Å²) in [6.07, 6.45) is 0.661. The number of aromatic nitrogens is 1. The smallest absolute Gasteiger partial charge is 0.309 e. The van der Waals surface area contributed by atoms with E-state index in [-0.39, 0.29) is 17.9 Å². The Morgan fingerprint density at radius 3 is 2.67 bits per heavy atom. The van der Waals surface area contributed by atoms with Crippen LogP contribution in [0.2, 0.25) is 0 Å². The third-order valence-corrected chi connectivity index (χ3v) is 3.70. The molecule has 21 heavy (non-hydrogen) atoms. The predicted octanol–water partition coefficient (Wildman–Crippen LogP) is 2.61. The fourth-order valence-electron chi connectivity index (χ4n) is 2.49. The van der Waals surface area contributed by atoms with Crippen molar-refractivity contribution in [3.63, 3.8) is 0 Å². The maximum absolute atomic E-state index is 12.2. The van der Waals surface area contributed by atoms with E-state index in [1.165, 1.54) is 6.07 Å². The first-order valence-corrected chi connectivity index (χ1v) is 6.91. The van der Waals surface area contributed by atoms with E-state index in [9.17, 15) is 9.59 Å². The van der Waals surface area contributed by atoms with Crippen molar-refractivity contribution in [2.45, 2.75) is 32.7 Å². The fourth-order valence-corrected chi connectivity index (χ4v) is 2.49. The van der Waals surface area contributed by atoms with Gasteiger partial charge in [0.25, 0.3) is 0 Å². The van der Waals surface area contributed by atoms with Gasteiger partial charge in [-0.15, -0.1) is 0 Å². The number of methoxy groups -OCH3 is 1. The Hall–Kier alpha value is -2.30. The van der Waals surface area contributed by atoms with E-state index in [2.05, 4.69) is 0 Å². The predicted molar refractivity (Wildman–Crippen MR) is 81.1 cm³/mol. The van der Waals surface area contributed by atoms with Crippen LogP contribution in [0, 0.1) is 0 Å². The molecule has 0 aliphatic heterocycles. The van der Waals surface area contributed by atoms with Gasteiger partial charge in [0.1, 0.15) is 5.75 Å². The molecule has 0 aliphatic rings. The number of hydrogen-bond acceptors (Lipinski definition) is 3. The summed E-state index contributed by atoms with van der Waals surface area (Å²) < 4.78 is 7.14. The number of hydrogen-bond donors (Lipinski definition) is 1. The highest BCUT2D eigenvalue weighted by Crippen LogP contribution is 2.25. The molecule has 2 aromatic rings. The van der Waals surface area contributed by atoms with Gasteiger partial charge < -0.3 is 14.4 Å². The molecule has 1 N–H and O–H groups in total. The summed E-state index contributed by atoms with van der Waals surface area (Å²) in [5, 5.41) is 9.64. The molecule has 1 heterocycles. The van der Waals surface area contributed by atoms with Crippen LogP contribution in [0.25, 0.3) is 10.9 Å². The number of aliphatic carboxylic acids is 1. The SMILES string of the molecule is CCC(C)n1c(CC(=O)O)cc(=O)c2ccc(OC)cc21. The van der Waals surface area contributed by atoms with Crippen molar-refractivity contribution in [3.8, 4) is 5.75 Å². The number of carboxylic acid groups (broad SMARTS) is 1. The number of nitrogens with zero attached hydrogens (tertiary/aromatic N) is 1. The molecular weight excluding hydrogens is 270 g/mol. The second kappa shape index (κ2) is 5.99. The maximum atomic E-state index is 12.2. The Morgan fingerprint density at radius 2 is 2.10 bits per heavy atom. The summed E-state index contributed by atoms with van der Waals surface area (Å²) in [5.74, 6) is -0.305. The lowest BCUT2D eigenvalue weighted by Gasteiger charge is -2.22. The molecule has 5 heteroatoms. The van der Waals surface area contributed by atoms with Gasteiger partial charge in [-0.3, -0.25) is 9.59 Å². The number of rotatable bonds is 5. The first-order chi connectivity index (χ1) is 9.97. The number of carbonyl (C=O) groups is 1. The normalized spacial score (nSPS) is 12.3.